The first-order chi connectivity index (χ1) is 22.4. The highest BCUT2D eigenvalue weighted by Gasteiger charge is 2.28. The van der Waals surface area contributed by atoms with Gasteiger partial charge in [-0.3, -0.25) is 14.7 Å². The number of aromatic nitrogens is 1. The third kappa shape index (κ3) is 7.11. The van der Waals surface area contributed by atoms with Gasteiger partial charge in [-0.25, -0.2) is 9.59 Å². The van der Waals surface area contributed by atoms with Crippen molar-refractivity contribution in [3.63, 3.8) is 0 Å². The highest BCUT2D eigenvalue weighted by atomic mass is 16.6. The number of carbonyl (C=O) groups is 2. The molecule has 248 valence electrons. The number of fused-ring (bicyclic) bond motifs is 1. The molecule has 0 radical (unpaired) electrons. The zero-order valence-corrected chi connectivity index (χ0v) is 27.6. The summed E-state index contributed by atoms with van der Waals surface area (Å²) in [4.78, 5) is 40.5. The average molecular weight is 647 g/mol. The first-order valence-electron chi connectivity index (χ1n) is 14.4. The molecule has 1 N–H and O–H groups in total. The summed E-state index contributed by atoms with van der Waals surface area (Å²) in [5, 5.41) is 3.24. The minimum absolute atomic E-state index is 0.0889. The number of pyridine rings is 1. The van der Waals surface area contributed by atoms with E-state index in [9.17, 15) is 14.4 Å². The molecule has 0 atom stereocenters. The average Bonchev–Trinajstić information content (AvgIpc) is 3.05. The molecule has 3 aromatic carbocycles. The SMILES string of the molecule is C=CCOc1cc2c(=O)n(-c3ccc(NC(=O)OC(C)(C)C)cc3)c(C(=O)OC)c(-c3cc(OC)c(OC)c(OC)c3)c2cc1OC. The predicted octanol–water partition coefficient (Wildman–Crippen LogP) is 6.39. The van der Waals surface area contributed by atoms with E-state index < -0.39 is 23.2 Å². The molecule has 0 saturated heterocycles. The molecule has 1 amide bonds. The number of hydrogen-bond donors (Lipinski definition) is 1. The Hall–Kier alpha value is -5.65. The molecule has 12 nitrogen and oxygen atoms in total. The Kier molecular flexibility index (Phi) is 10.3. The normalized spacial score (nSPS) is 11.0. The van der Waals surface area contributed by atoms with Gasteiger partial charge in [-0.05, 0) is 74.9 Å². The number of hydrogen-bond acceptors (Lipinski definition) is 10. The van der Waals surface area contributed by atoms with Crippen molar-refractivity contribution in [3.8, 4) is 45.6 Å². The van der Waals surface area contributed by atoms with Crippen LogP contribution in [-0.4, -0.2) is 64.4 Å². The molecule has 0 aliphatic heterocycles. The highest BCUT2D eigenvalue weighted by molar-refractivity contribution is 6.08. The van der Waals surface area contributed by atoms with Gasteiger partial charge in [0.2, 0.25) is 5.75 Å². The van der Waals surface area contributed by atoms with Gasteiger partial charge in [-0.15, -0.1) is 0 Å². The lowest BCUT2D eigenvalue weighted by atomic mass is 9.95. The number of nitrogens with one attached hydrogen (secondary N) is 1. The molecular weight excluding hydrogens is 608 g/mol. The largest absolute Gasteiger partial charge is 0.493 e. The molecule has 1 aromatic heterocycles. The Balaban J connectivity index is 2.11. The molecule has 4 aromatic rings. The number of ether oxygens (including phenoxy) is 7. The van der Waals surface area contributed by atoms with Crippen molar-refractivity contribution in [2.75, 3.05) is 47.5 Å². The minimum atomic E-state index is -0.797. The Bertz CT molecular complexity index is 1850. The van der Waals surface area contributed by atoms with Crippen molar-refractivity contribution in [1.29, 1.82) is 0 Å². The maximum Gasteiger partial charge on any atom is 0.412 e. The number of carbonyl (C=O) groups excluding carboxylic acids is 2. The van der Waals surface area contributed by atoms with Crippen LogP contribution in [0.4, 0.5) is 10.5 Å². The summed E-state index contributed by atoms with van der Waals surface area (Å²) >= 11 is 0. The van der Waals surface area contributed by atoms with Crippen LogP contribution in [0.1, 0.15) is 31.3 Å². The van der Waals surface area contributed by atoms with Crippen LogP contribution < -0.4 is 34.6 Å². The molecule has 0 fully saturated rings. The molecule has 0 bridgehead atoms. The summed E-state index contributed by atoms with van der Waals surface area (Å²) in [7, 11) is 7.12. The molecule has 0 unspecified atom stereocenters. The summed E-state index contributed by atoms with van der Waals surface area (Å²) < 4.78 is 40.0. The lowest BCUT2D eigenvalue weighted by molar-refractivity contribution is 0.0589. The maximum atomic E-state index is 14.4. The highest BCUT2D eigenvalue weighted by Crippen LogP contribution is 2.45. The Labute approximate surface area is 272 Å². The third-order valence-electron chi connectivity index (χ3n) is 6.93. The standard InChI is InChI=1S/C35H38N2O10/c1-10-15-46-26-19-24-23(18-25(26)41-5)29(20-16-27(42-6)31(44-8)28(17-20)43-7)30(33(39)45-9)37(32(24)38)22-13-11-21(12-14-22)36-34(40)47-35(2,3)4/h10-14,16-19H,1,15H2,2-9H3,(H,36,40). The summed E-state index contributed by atoms with van der Waals surface area (Å²) in [5.74, 6) is 0.787. The summed E-state index contributed by atoms with van der Waals surface area (Å²) in [6.45, 7) is 9.12. The van der Waals surface area contributed by atoms with Crippen LogP contribution in [0.3, 0.4) is 0 Å². The lowest BCUT2D eigenvalue weighted by Gasteiger charge is -2.22. The van der Waals surface area contributed by atoms with Crippen LogP contribution in [0.2, 0.25) is 0 Å². The number of amides is 1. The van der Waals surface area contributed by atoms with Crippen molar-refractivity contribution in [1.82, 2.24) is 4.57 Å². The number of anilines is 1. The summed E-state index contributed by atoms with van der Waals surface area (Å²) in [6, 6.07) is 12.9. The summed E-state index contributed by atoms with van der Waals surface area (Å²) in [5.41, 5.74) is 0.150. The van der Waals surface area contributed by atoms with E-state index in [1.54, 1.807) is 75.4 Å². The van der Waals surface area contributed by atoms with Gasteiger partial charge in [0.25, 0.3) is 5.56 Å². The number of rotatable bonds is 11. The van der Waals surface area contributed by atoms with E-state index >= 15 is 0 Å². The van der Waals surface area contributed by atoms with E-state index in [0.29, 0.717) is 56.6 Å². The van der Waals surface area contributed by atoms with E-state index in [2.05, 4.69) is 11.9 Å². The van der Waals surface area contributed by atoms with Crippen LogP contribution in [0.5, 0.6) is 28.7 Å². The fraction of sp³-hybridized carbons (Fsp3) is 0.286. The van der Waals surface area contributed by atoms with E-state index in [1.165, 1.54) is 40.1 Å². The van der Waals surface area contributed by atoms with E-state index in [4.69, 9.17) is 33.2 Å². The van der Waals surface area contributed by atoms with Crippen molar-refractivity contribution in [2.45, 2.75) is 26.4 Å². The molecule has 0 spiro atoms. The molecule has 0 saturated carbocycles. The van der Waals surface area contributed by atoms with Gasteiger partial charge in [0.1, 0.15) is 17.9 Å². The fourth-order valence-corrected chi connectivity index (χ4v) is 5.00. The van der Waals surface area contributed by atoms with Gasteiger partial charge in [0.05, 0.1) is 40.9 Å². The monoisotopic (exact) mass is 646 g/mol. The van der Waals surface area contributed by atoms with E-state index in [-0.39, 0.29) is 17.7 Å². The zero-order valence-electron chi connectivity index (χ0n) is 27.6. The van der Waals surface area contributed by atoms with Crippen LogP contribution >= 0.6 is 0 Å². The van der Waals surface area contributed by atoms with Crippen molar-refractivity contribution in [3.05, 3.63) is 77.2 Å². The van der Waals surface area contributed by atoms with Crippen LogP contribution in [0.15, 0.2) is 66.0 Å². The maximum absolute atomic E-state index is 14.4. The van der Waals surface area contributed by atoms with Gasteiger partial charge in [-0.1, -0.05) is 12.7 Å². The van der Waals surface area contributed by atoms with Gasteiger partial charge < -0.3 is 33.2 Å². The molecule has 12 heteroatoms. The van der Waals surface area contributed by atoms with Gasteiger partial charge in [0.15, 0.2) is 23.0 Å². The van der Waals surface area contributed by atoms with Crippen molar-refractivity contribution >= 4 is 28.5 Å². The van der Waals surface area contributed by atoms with Crippen LogP contribution in [-0.2, 0) is 9.47 Å². The molecule has 0 aliphatic rings. The molecule has 47 heavy (non-hydrogen) atoms. The number of methoxy groups -OCH3 is 5. The zero-order chi connectivity index (χ0) is 34.5. The molecule has 4 rings (SSSR count). The molecule has 0 aliphatic carbocycles. The molecular formula is C35H38N2O10. The van der Waals surface area contributed by atoms with Crippen molar-refractivity contribution in [2.24, 2.45) is 0 Å². The second-order valence-electron chi connectivity index (χ2n) is 11.1. The second kappa shape index (κ2) is 14.2. The second-order valence-corrected chi connectivity index (χ2v) is 11.1. The summed E-state index contributed by atoms with van der Waals surface area (Å²) in [6.07, 6.45) is 0.922. The predicted molar refractivity (Wildman–Crippen MR) is 178 cm³/mol. The minimum Gasteiger partial charge on any atom is -0.493 e. The van der Waals surface area contributed by atoms with Gasteiger partial charge in [0, 0.05) is 22.3 Å². The first-order valence-corrected chi connectivity index (χ1v) is 14.4. The van der Waals surface area contributed by atoms with Crippen LogP contribution in [0, 0.1) is 0 Å². The quantitative estimate of drug-likeness (QED) is 0.144. The fourth-order valence-electron chi connectivity index (χ4n) is 5.00. The van der Waals surface area contributed by atoms with Crippen LogP contribution in [0.25, 0.3) is 27.6 Å². The Morgan fingerprint density at radius 1 is 0.830 bits per heavy atom. The van der Waals surface area contributed by atoms with E-state index in [0.717, 1.165) is 0 Å². The molecule has 1 heterocycles. The van der Waals surface area contributed by atoms with Gasteiger partial charge in [-0.2, -0.15) is 0 Å². The first kappa shape index (κ1) is 34.2. The van der Waals surface area contributed by atoms with E-state index in [1.807, 2.05) is 0 Å². The topological polar surface area (TPSA) is 133 Å². The lowest BCUT2D eigenvalue weighted by Crippen LogP contribution is -2.27. The van der Waals surface area contributed by atoms with Crippen molar-refractivity contribution < 1.29 is 42.7 Å². The van der Waals surface area contributed by atoms with Gasteiger partial charge >= 0.3 is 12.1 Å². The number of benzene rings is 3. The third-order valence-corrected chi connectivity index (χ3v) is 6.93. The smallest absolute Gasteiger partial charge is 0.412 e. The Morgan fingerprint density at radius 2 is 1.43 bits per heavy atom. The number of esters is 1. The number of nitrogens with zero attached hydrogens (tertiary/aromatic N) is 1. The Morgan fingerprint density at radius 3 is 1.94 bits per heavy atom.